The Balaban J connectivity index is 2.29. The predicted octanol–water partition coefficient (Wildman–Crippen LogP) is 4.14. The Morgan fingerprint density at radius 2 is 1.94 bits per heavy atom. The second-order valence-electron chi connectivity index (χ2n) is 4.00. The second-order valence-corrected chi connectivity index (χ2v) is 5.29. The fraction of sp³-hybridized carbons (Fsp3) is 0.0714. The average Bonchev–Trinajstić information content (AvgIpc) is 2.32. The van der Waals surface area contributed by atoms with Crippen LogP contribution in [-0.2, 0) is 0 Å². The topological polar surface area (TPSA) is 38.0 Å². The van der Waals surface area contributed by atoms with E-state index < -0.39 is 0 Å². The standard InChI is InChI=1S/C14H13BrN2S/c1-9-4-2-3-5-13(9)17-10-6-7-11(14(16)18)12(15)8-10/h2-8,17H,1H3,(H2,16,18). The van der Waals surface area contributed by atoms with Gasteiger partial charge in [0.1, 0.15) is 4.99 Å². The molecule has 4 heteroatoms. The molecule has 0 heterocycles. The van der Waals surface area contributed by atoms with Gasteiger partial charge in [0.05, 0.1) is 0 Å². The average molecular weight is 321 g/mol. The summed E-state index contributed by atoms with van der Waals surface area (Å²) < 4.78 is 0.897. The van der Waals surface area contributed by atoms with Crippen LogP contribution >= 0.6 is 28.1 Å². The highest BCUT2D eigenvalue weighted by atomic mass is 79.9. The van der Waals surface area contributed by atoms with Gasteiger partial charge in [0.2, 0.25) is 0 Å². The van der Waals surface area contributed by atoms with Crippen LogP contribution in [0.25, 0.3) is 0 Å². The largest absolute Gasteiger partial charge is 0.389 e. The van der Waals surface area contributed by atoms with Gasteiger partial charge in [-0.15, -0.1) is 0 Å². The number of rotatable bonds is 3. The van der Waals surface area contributed by atoms with Crippen molar-refractivity contribution in [2.75, 3.05) is 5.32 Å². The lowest BCUT2D eigenvalue weighted by Crippen LogP contribution is -2.10. The van der Waals surface area contributed by atoms with Crippen molar-refractivity contribution < 1.29 is 0 Å². The smallest absolute Gasteiger partial charge is 0.105 e. The van der Waals surface area contributed by atoms with E-state index in [1.807, 2.05) is 36.4 Å². The molecule has 0 saturated carbocycles. The number of hydrogen-bond acceptors (Lipinski definition) is 2. The Labute approximate surface area is 120 Å². The summed E-state index contributed by atoms with van der Waals surface area (Å²) in [5, 5.41) is 3.37. The van der Waals surface area contributed by atoms with Crippen LogP contribution in [0.15, 0.2) is 46.9 Å². The predicted molar refractivity (Wildman–Crippen MR) is 84.5 cm³/mol. The molecule has 2 rings (SSSR count). The number of nitrogens with two attached hydrogens (primary N) is 1. The maximum absolute atomic E-state index is 5.62. The van der Waals surface area contributed by atoms with E-state index in [4.69, 9.17) is 18.0 Å². The third-order valence-corrected chi connectivity index (χ3v) is 3.53. The molecule has 2 aromatic carbocycles. The lowest BCUT2D eigenvalue weighted by Gasteiger charge is -2.11. The molecule has 0 aliphatic heterocycles. The zero-order valence-corrected chi connectivity index (χ0v) is 12.3. The number of hydrogen-bond donors (Lipinski definition) is 2. The molecule has 0 amide bonds. The number of anilines is 2. The van der Waals surface area contributed by atoms with Crippen molar-refractivity contribution in [3.05, 3.63) is 58.1 Å². The van der Waals surface area contributed by atoms with E-state index in [9.17, 15) is 0 Å². The summed E-state index contributed by atoms with van der Waals surface area (Å²) in [6.07, 6.45) is 0. The summed E-state index contributed by atoms with van der Waals surface area (Å²) >= 11 is 8.44. The number of aryl methyl sites for hydroxylation is 1. The van der Waals surface area contributed by atoms with Crippen molar-refractivity contribution in [1.82, 2.24) is 0 Å². The minimum absolute atomic E-state index is 0.393. The molecule has 18 heavy (non-hydrogen) atoms. The first-order valence-electron chi connectivity index (χ1n) is 5.50. The van der Waals surface area contributed by atoms with Crippen LogP contribution in [0.1, 0.15) is 11.1 Å². The van der Waals surface area contributed by atoms with Gasteiger partial charge < -0.3 is 11.1 Å². The highest BCUT2D eigenvalue weighted by Crippen LogP contribution is 2.25. The van der Waals surface area contributed by atoms with Crippen molar-refractivity contribution in [2.45, 2.75) is 6.92 Å². The minimum atomic E-state index is 0.393. The van der Waals surface area contributed by atoms with E-state index in [1.54, 1.807) is 0 Å². The Morgan fingerprint density at radius 1 is 1.22 bits per heavy atom. The van der Waals surface area contributed by atoms with E-state index in [-0.39, 0.29) is 0 Å². The van der Waals surface area contributed by atoms with Gasteiger partial charge >= 0.3 is 0 Å². The van der Waals surface area contributed by atoms with E-state index in [2.05, 4.69) is 34.2 Å². The molecule has 0 aromatic heterocycles. The third kappa shape index (κ3) is 2.89. The van der Waals surface area contributed by atoms with Crippen molar-refractivity contribution >= 4 is 44.5 Å². The van der Waals surface area contributed by atoms with Crippen LogP contribution in [0.2, 0.25) is 0 Å². The number of para-hydroxylation sites is 1. The van der Waals surface area contributed by atoms with Crippen LogP contribution in [0.5, 0.6) is 0 Å². The lowest BCUT2D eigenvalue weighted by atomic mass is 10.1. The summed E-state index contributed by atoms with van der Waals surface area (Å²) in [6.45, 7) is 2.07. The number of benzene rings is 2. The van der Waals surface area contributed by atoms with Gasteiger partial charge in [-0.1, -0.05) is 30.4 Å². The first kappa shape index (κ1) is 13.1. The second kappa shape index (κ2) is 5.50. The van der Waals surface area contributed by atoms with Crippen LogP contribution in [0, 0.1) is 6.92 Å². The molecule has 3 N–H and O–H groups in total. The van der Waals surface area contributed by atoms with E-state index in [1.165, 1.54) is 5.56 Å². The Kier molecular flexibility index (Phi) is 3.99. The minimum Gasteiger partial charge on any atom is -0.389 e. The molecule has 0 fully saturated rings. The molecule has 92 valence electrons. The van der Waals surface area contributed by atoms with Gasteiger partial charge in [0.25, 0.3) is 0 Å². The van der Waals surface area contributed by atoms with Crippen LogP contribution in [-0.4, -0.2) is 4.99 Å². The molecule has 0 radical (unpaired) electrons. The lowest BCUT2D eigenvalue weighted by molar-refractivity contribution is 1.42. The van der Waals surface area contributed by atoms with Crippen LogP contribution in [0.3, 0.4) is 0 Å². The van der Waals surface area contributed by atoms with Gasteiger partial charge in [0, 0.05) is 21.4 Å². The Bertz CT molecular complexity index is 596. The maximum atomic E-state index is 5.62. The summed E-state index contributed by atoms with van der Waals surface area (Å²) in [7, 11) is 0. The third-order valence-electron chi connectivity index (χ3n) is 2.66. The van der Waals surface area contributed by atoms with Crippen molar-refractivity contribution in [3.8, 4) is 0 Å². The Hall–Kier alpha value is -1.39. The highest BCUT2D eigenvalue weighted by Gasteiger charge is 2.04. The highest BCUT2D eigenvalue weighted by molar-refractivity contribution is 9.10. The normalized spacial score (nSPS) is 10.1. The molecule has 0 bridgehead atoms. The molecule has 0 aliphatic rings. The monoisotopic (exact) mass is 320 g/mol. The molecule has 0 aliphatic carbocycles. The molecule has 2 nitrogen and oxygen atoms in total. The zero-order valence-electron chi connectivity index (χ0n) is 9.91. The molecule has 0 unspecified atom stereocenters. The van der Waals surface area contributed by atoms with Crippen LogP contribution < -0.4 is 11.1 Å². The number of halogens is 1. The van der Waals surface area contributed by atoms with Crippen molar-refractivity contribution in [3.63, 3.8) is 0 Å². The summed E-state index contributed by atoms with van der Waals surface area (Å²) in [4.78, 5) is 0.393. The first-order valence-corrected chi connectivity index (χ1v) is 6.70. The van der Waals surface area contributed by atoms with Gasteiger partial charge in [-0.2, -0.15) is 0 Å². The molecular weight excluding hydrogens is 308 g/mol. The van der Waals surface area contributed by atoms with Gasteiger partial charge in [0.15, 0.2) is 0 Å². The van der Waals surface area contributed by atoms with E-state index >= 15 is 0 Å². The van der Waals surface area contributed by atoms with E-state index in [0.29, 0.717) is 4.99 Å². The molecule has 0 atom stereocenters. The first-order chi connectivity index (χ1) is 8.58. The molecular formula is C14H13BrN2S. The summed E-state index contributed by atoms with van der Waals surface area (Å²) in [6, 6.07) is 14.0. The summed E-state index contributed by atoms with van der Waals surface area (Å²) in [5.41, 5.74) is 9.76. The summed E-state index contributed by atoms with van der Waals surface area (Å²) in [5.74, 6) is 0. The molecule has 0 spiro atoms. The zero-order chi connectivity index (χ0) is 13.1. The number of thiocarbonyl (C=S) groups is 1. The fourth-order valence-electron chi connectivity index (χ4n) is 1.66. The van der Waals surface area contributed by atoms with Gasteiger partial charge in [-0.05, 0) is 52.7 Å². The molecule has 2 aromatic rings. The fourth-order valence-corrected chi connectivity index (χ4v) is 2.56. The van der Waals surface area contributed by atoms with Gasteiger partial charge in [-0.25, -0.2) is 0 Å². The number of nitrogens with one attached hydrogen (secondary N) is 1. The van der Waals surface area contributed by atoms with Crippen LogP contribution in [0.4, 0.5) is 11.4 Å². The quantitative estimate of drug-likeness (QED) is 0.835. The SMILES string of the molecule is Cc1ccccc1Nc1ccc(C(N)=S)c(Br)c1. The van der Waals surface area contributed by atoms with Gasteiger partial charge in [-0.3, -0.25) is 0 Å². The maximum Gasteiger partial charge on any atom is 0.105 e. The van der Waals surface area contributed by atoms with Crippen molar-refractivity contribution in [1.29, 1.82) is 0 Å². The van der Waals surface area contributed by atoms with Crippen molar-refractivity contribution in [2.24, 2.45) is 5.73 Å². The Morgan fingerprint density at radius 3 is 2.56 bits per heavy atom. The molecule has 0 saturated heterocycles. The van der Waals surface area contributed by atoms with E-state index in [0.717, 1.165) is 21.4 Å².